The number of aromatic nitrogens is 2. The number of fused-ring (bicyclic) bond motifs is 1. The molecule has 3 rings (SSSR count). The lowest BCUT2D eigenvalue weighted by Gasteiger charge is -2.08. The summed E-state index contributed by atoms with van der Waals surface area (Å²) < 4.78 is 5.54. The molecular formula is C10H11N3OS. The van der Waals surface area contributed by atoms with Crippen LogP contribution in [0.1, 0.15) is 24.8 Å². The largest absolute Gasteiger partial charge is 0.383 e. The molecule has 2 aromatic rings. The number of hydrogen-bond acceptors (Lipinski definition) is 5. The van der Waals surface area contributed by atoms with Crippen molar-refractivity contribution >= 4 is 27.4 Å². The van der Waals surface area contributed by atoms with Gasteiger partial charge in [0.15, 0.2) is 5.82 Å². The van der Waals surface area contributed by atoms with Crippen molar-refractivity contribution in [1.82, 2.24) is 9.97 Å². The summed E-state index contributed by atoms with van der Waals surface area (Å²) in [5.74, 6) is 1.30. The third kappa shape index (κ3) is 1.48. The minimum Gasteiger partial charge on any atom is -0.383 e. The van der Waals surface area contributed by atoms with E-state index in [0.29, 0.717) is 5.82 Å². The monoisotopic (exact) mass is 221 g/mol. The second-order valence-corrected chi connectivity index (χ2v) is 4.50. The molecule has 0 spiro atoms. The predicted molar refractivity (Wildman–Crippen MR) is 59.8 cm³/mol. The van der Waals surface area contributed by atoms with Gasteiger partial charge in [0, 0.05) is 6.61 Å². The molecule has 0 aliphatic carbocycles. The highest BCUT2D eigenvalue weighted by Crippen LogP contribution is 2.30. The van der Waals surface area contributed by atoms with E-state index in [-0.39, 0.29) is 6.10 Å². The van der Waals surface area contributed by atoms with Crippen molar-refractivity contribution in [2.45, 2.75) is 18.9 Å². The molecule has 1 atom stereocenters. The molecule has 1 unspecified atom stereocenters. The highest BCUT2D eigenvalue weighted by Gasteiger charge is 2.21. The van der Waals surface area contributed by atoms with Crippen molar-refractivity contribution in [1.29, 1.82) is 0 Å². The maximum atomic E-state index is 5.87. The van der Waals surface area contributed by atoms with Crippen molar-refractivity contribution in [2.24, 2.45) is 0 Å². The molecule has 1 fully saturated rings. The van der Waals surface area contributed by atoms with Crippen LogP contribution in [-0.2, 0) is 4.74 Å². The topological polar surface area (TPSA) is 61.0 Å². The van der Waals surface area contributed by atoms with E-state index in [4.69, 9.17) is 10.5 Å². The molecule has 0 radical (unpaired) electrons. The average molecular weight is 221 g/mol. The number of nitrogen functional groups attached to an aromatic ring is 1. The van der Waals surface area contributed by atoms with Crippen molar-refractivity contribution in [2.75, 3.05) is 12.3 Å². The van der Waals surface area contributed by atoms with Crippen LogP contribution in [0, 0.1) is 0 Å². The van der Waals surface area contributed by atoms with Crippen molar-refractivity contribution in [3.05, 3.63) is 17.3 Å². The maximum Gasteiger partial charge on any atom is 0.161 e. The molecule has 0 saturated carbocycles. The second kappa shape index (κ2) is 3.43. The van der Waals surface area contributed by atoms with Crippen LogP contribution in [0.5, 0.6) is 0 Å². The zero-order chi connectivity index (χ0) is 10.3. The van der Waals surface area contributed by atoms with Crippen LogP contribution in [0.3, 0.4) is 0 Å². The van der Waals surface area contributed by atoms with E-state index >= 15 is 0 Å². The van der Waals surface area contributed by atoms with Gasteiger partial charge in [-0.15, -0.1) is 11.3 Å². The van der Waals surface area contributed by atoms with Gasteiger partial charge in [-0.1, -0.05) is 0 Å². The fourth-order valence-electron chi connectivity index (χ4n) is 1.82. The number of ether oxygens (including phenoxy) is 1. The lowest BCUT2D eigenvalue weighted by Crippen LogP contribution is -2.05. The number of nitrogens with two attached hydrogens (primary N) is 1. The third-order valence-corrected chi connectivity index (χ3v) is 3.40. The fraction of sp³-hybridized carbons (Fsp3) is 0.400. The molecule has 78 valence electrons. The quantitative estimate of drug-likeness (QED) is 0.801. The van der Waals surface area contributed by atoms with Gasteiger partial charge in [0.05, 0.1) is 5.39 Å². The minimum absolute atomic E-state index is 0.0406. The molecule has 0 bridgehead atoms. The second-order valence-electron chi connectivity index (χ2n) is 3.61. The SMILES string of the molecule is Nc1nc(C2CCCO2)nc2sccc12. The summed E-state index contributed by atoms with van der Waals surface area (Å²) in [6.07, 6.45) is 2.12. The number of anilines is 1. The van der Waals surface area contributed by atoms with Crippen LogP contribution in [-0.4, -0.2) is 16.6 Å². The summed E-state index contributed by atoms with van der Waals surface area (Å²) in [5, 5.41) is 2.93. The predicted octanol–water partition coefficient (Wildman–Crippen LogP) is 2.12. The fourth-order valence-corrected chi connectivity index (χ4v) is 2.60. The van der Waals surface area contributed by atoms with E-state index in [0.717, 1.165) is 35.5 Å². The van der Waals surface area contributed by atoms with E-state index < -0.39 is 0 Å². The molecule has 4 nitrogen and oxygen atoms in total. The van der Waals surface area contributed by atoms with Gasteiger partial charge in [-0.05, 0) is 24.3 Å². The van der Waals surface area contributed by atoms with E-state index in [1.165, 1.54) is 0 Å². The number of thiophene rings is 1. The highest BCUT2D eigenvalue weighted by molar-refractivity contribution is 7.16. The summed E-state index contributed by atoms with van der Waals surface area (Å²) in [5.41, 5.74) is 5.87. The van der Waals surface area contributed by atoms with Gasteiger partial charge in [0.1, 0.15) is 16.8 Å². The van der Waals surface area contributed by atoms with Crippen LogP contribution >= 0.6 is 11.3 Å². The van der Waals surface area contributed by atoms with Crippen LogP contribution in [0.15, 0.2) is 11.4 Å². The Hall–Kier alpha value is -1.20. The first-order valence-corrected chi connectivity index (χ1v) is 5.85. The van der Waals surface area contributed by atoms with Crippen molar-refractivity contribution in [3.8, 4) is 0 Å². The Morgan fingerprint density at radius 1 is 1.47 bits per heavy atom. The Balaban J connectivity index is 2.11. The van der Waals surface area contributed by atoms with Crippen LogP contribution in [0.25, 0.3) is 10.2 Å². The van der Waals surface area contributed by atoms with Crippen LogP contribution < -0.4 is 5.73 Å². The lowest BCUT2D eigenvalue weighted by atomic mass is 10.2. The summed E-state index contributed by atoms with van der Waals surface area (Å²) in [6.45, 7) is 0.802. The first-order valence-electron chi connectivity index (χ1n) is 4.97. The molecular weight excluding hydrogens is 210 g/mol. The molecule has 1 aliphatic rings. The molecule has 0 aromatic carbocycles. The molecule has 5 heteroatoms. The summed E-state index contributed by atoms with van der Waals surface area (Å²) >= 11 is 1.59. The van der Waals surface area contributed by atoms with Gasteiger partial charge in [-0.3, -0.25) is 0 Å². The Morgan fingerprint density at radius 3 is 3.20 bits per heavy atom. The molecule has 2 aromatic heterocycles. The van der Waals surface area contributed by atoms with Crippen LogP contribution in [0.4, 0.5) is 5.82 Å². The van der Waals surface area contributed by atoms with Gasteiger partial charge in [-0.25, -0.2) is 9.97 Å². The summed E-state index contributed by atoms with van der Waals surface area (Å²) in [7, 11) is 0. The Morgan fingerprint density at radius 2 is 2.40 bits per heavy atom. The Kier molecular flexibility index (Phi) is 2.07. The number of nitrogens with zero attached hydrogens (tertiary/aromatic N) is 2. The van der Waals surface area contributed by atoms with Gasteiger partial charge in [-0.2, -0.15) is 0 Å². The molecule has 15 heavy (non-hydrogen) atoms. The Labute approximate surface area is 91.1 Å². The van der Waals surface area contributed by atoms with E-state index in [9.17, 15) is 0 Å². The van der Waals surface area contributed by atoms with Gasteiger partial charge in [0.2, 0.25) is 0 Å². The first kappa shape index (κ1) is 9.06. The van der Waals surface area contributed by atoms with Gasteiger partial charge in [0.25, 0.3) is 0 Å². The highest BCUT2D eigenvalue weighted by atomic mass is 32.1. The molecule has 1 saturated heterocycles. The van der Waals surface area contributed by atoms with E-state index in [1.54, 1.807) is 11.3 Å². The smallest absolute Gasteiger partial charge is 0.161 e. The number of hydrogen-bond donors (Lipinski definition) is 1. The van der Waals surface area contributed by atoms with Gasteiger partial charge < -0.3 is 10.5 Å². The zero-order valence-electron chi connectivity index (χ0n) is 8.14. The zero-order valence-corrected chi connectivity index (χ0v) is 8.96. The van der Waals surface area contributed by atoms with E-state index in [2.05, 4.69) is 9.97 Å². The average Bonchev–Trinajstić information content (AvgIpc) is 2.88. The van der Waals surface area contributed by atoms with E-state index in [1.807, 2.05) is 11.4 Å². The molecule has 0 amide bonds. The van der Waals surface area contributed by atoms with Crippen molar-refractivity contribution in [3.63, 3.8) is 0 Å². The summed E-state index contributed by atoms with van der Waals surface area (Å²) in [6, 6.07) is 1.95. The third-order valence-electron chi connectivity index (χ3n) is 2.59. The normalized spacial score (nSPS) is 21.2. The van der Waals surface area contributed by atoms with Gasteiger partial charge >= 0.3 is 0 Å². The lowest BCUT2D eigenvalue weighted by molar-refractivity contribution is 0.105. The standard InChI is InChI=1S/C10H11N3OS/c11-8-6-3-5-15-10(6)13-9(12-8)7-2-1-4-14-7/h3,5,7H,1-2,4H2,(H2,11,12,13). The summed E-state index contributed by atoms with van der Waals surface area (Å²) in [4.78, 5) is 9.74. The minimum atomic E-state index is 0.0406. The Bertz CT molecular complexity index is 490. The molecule has 3 heterocycles. The first-order chi connectivity index (χ1) is 7.34. The van der Waals surface area contributed by atoms with Crippen molar-refractivity contribution < 1.29 is 4.74 Å². The number of rotatable bonds is 1. The molecule has 1 aliphatic heterocycles. The van der Waals surface area contributed by atoms with Crippen LogP contribution in [0.2, 0.25) is 0 Å². The maximum absolute atomic E-state index is 5.87. The molecule has 2 N–H and O–H groups in total.